The number of primary amides is 1. The Morgan fingerprint density at radius 3 is 2.50 bits per heavy atom. The Morgan fingerprint density at radius 1 is 1.57 bits per heavy atom. The predicted octanol–water partition coefficient (Wildman–Crippen LogP) is 1.66. The zero-order valence-electron chi connectivity index (χ0n) is 7.28. The van der Waals surface area contributed by atoms with E-state index in [4.69, 9.17) is 17.3 Å². The molecule has 74 valence electrons. The van der Waals surface area contributed by atoms with E-state index in [0.29, 0.717) is 5.56 Å². The van der Waals surface area contributed by atoms with Crippen molar-refractivity contribution in [1.29, 1.82) is 0 Å². The van der Waals surface area contributed by atoms with E-state index in [1.807, 2.05) is 0 Å². The Labute approximate surface area is 84.6 Å². The number of benzene rings is 1. The highest BCUT2D eigenvalue weighted by atomic mass is 35.5. The first-order chi connectivity index (χ1) is 6.43. The van der Waals surface area contributed by atoms with Crippen LogP contribution in [0.1, 0.15) is 15.9 Å². The number of nitro benzene ring substituents is 1. The van der Waals surface area contributed by atoms with E-state index in [2.05, 4.69) is 0 Å². The molecule has 0 bridgehead atoms. The van der Waals surface area contributed by atoms with Gasteiger partial charge >= 0.3 is 0 Å². The second-order valence-electron chi connectivity index (χ2n) is 2.74. The molecule has 5 nitrogen and oxygen atoms in total. The number of nitro groups is 1. The van der Waals surface area contributed by atoms with Crippen molar-refractivity contribution in [2.24, 2.45) is 5.73 Å². The fourth-order valence-corrected chi connectivity index (χ4v) is 1.50. The molecule has 1 aromatic rings. The minimum atomic E-state index is -0.692. The van der Waals surface area contributed by atoms with Crippen LogP contribution in [0.4, 0.5) is 5.69 Å². The third-order valence-corrected chi connectivity index (χ3v) is 2.03. The first-order valence-electron chi connectivity index (χ1n) is 3.68. The number of hydrogen-bond donors (Lipinski definition) is 1. The predicted molar refractivity (Wildman–Crippen MR) is 51.4 cm³/mol. The van der Waals surface area contributed by atoms with Gasteiger partial charge in [0.25, 0.3) is 5.69 Å². The summed E-state index contributed by atoms with van der Waals surface area (Å²) in [4.78, 5) is 20.7. The van der Waals surface area contributed by atoms with Crippen LogP contribution in [0.25, 0.3) is 0 Å². The van der Waals surface area contributed by atoms with Crippen LogP contribution in [0.15, 0.2) is 12.1 Å². The number of rotatable bonds is 2. The number of aryl methyl sites for hydroxylation is 1. The van der Waals surface area contributed by atoms with Gasteiger partial charge in [0.2, 0.25) is 5.91 Å². The Kier molecular flexibility index (Phi) is 2.71. The van der Waals surface area contributed by atoms with E-state index in [0.717, 1.165) is 6.07 Å². The van der Waals surface area contributed by atoms with Crippen LogP contribution in [-0.4, -0.2) is 10.8 Å². The maximum Gasteiger partial charge on any atom is 0.271 e. The van der Waals surface area contributed by atoms with Gasteiger partial charge in [0, 0.05) is 12.1 Å². The van der Waals surface area contributed by atoms with Crippen molar-refractivity contribution < 1.29 is 9.72 Å². The fourth-order valence-electron chi connectivity index (χ4n) is 1.14. The van der Waals surface area contributed by atoms with Gasteiger partial charge in [-0.15, -0.1) is 0 Å². The number of carbonyl (C=O) groups is 1. The molecule has 0 atom stereocenters. The highest BCUT2D eigenvalue weighted by Gasteiger charge is 2.16. The molecule has 0 aliphatic heterocycles. The molecule has 0 saturated carbocycles. The molecular weight excluding hydrogens is 208 g/mol. The summed E-state index contributed by atoms with van der Waals surface area (Å²) in [5, 5.41) is 10.4. The van der Waals surface area contributed by atoms with Gasteiger partial charge in [-0.2, -0.15) is 0 Å². The molecule has 0 fully saturated rings. The molecular formula is C8H7ClN2O3. The van der Waals surface area contributed by atoms with E-state index < -0.39 is 10.8 Å². The first kappa shape index (κ1) is 10.5. The van der Waals surface area contributed by atoms with Crippen LogP contribution in [0.5, 0.6) is 0 Å². The minimum Gasteiger partial charge on any atom is -0.366 e. The number of carbonyl (C=O) groups excluding carboxylic acids is 1. The third-order valence-electron chi connectivity index (χ3n) is 1.73. The third kappa shape index (κ3) is 1.82. The summed E-state index contributed by atoms with van der Waals surface area (Å²) in [6.45, 7) is 1.54. The fraction of sp³-hybridized carbons (Fsp3) is 0.125. The molecule has 1 amide bonds. The molecule has 0 aliphatic rings. The molecule has 0 heterocycles. The zero-order valence-corrected chi connectivity index (χ0v) is 8.04. The Hall–Kier alpha value is -1.62. The number of nitrogens with two attached hydrogens (primary N) is 1. The van der Waals surface area contributed by atoms with Gasteiger partial charge in [-0.1, -0.05) is 11.6 Å². The van der Waals surface area contributed by atoms with Crippen LogP contribution >= 0.6 is 11.6 Å². The quantitative estimate of drug-likeness (QED) is 0.600. The second-order valence-corrected chi connectivity index (χ2v) is 3.15. The summed E-state index contributed by atoms with van der Waals surface area (Å²) in [5.74, 6) is -0.692. The van der Waals surface area contributed by atoms with Gasteiger partial charge in [-0.25, -0.2) is 0 Å². The molecule has 6 heteroatoms. The summed E-state index contributed by atoms with van der Waals surface area (Å²) in [7, 11) is 0. The lowest BCUT2D eigenvalue weighted by atomic mass is 10.1. The molecule has 0 spiro atoms. The van der Waals surface area contributed by atoms with Crippen molar-refractivity contribution in [3.8, 4) is 0 Å². The lowest BCUT2D eigenvalue weighted by molar-refractivity contribution is -0.384. The number of halogens is 1. The molecule has 1 rings (SSSR count). The van der Waals surface area contributed by atoms with Crippen LogP contribution in [0.2, 0.25) is 5.02 Å². The molecule has 0 radical (unpaired) electrons. The highest BCUT2D eigenvalue weighted by Crippen LogP contribution is 2.25. The lowest BCUT2D eigenvalue weighted by Crippen LogP contribution is -2.13. The van der Waals surface area contributed by atoms with E-state index in [9.17, 15) is 14.9 Å². The Balaban J connectivity index is 3.39. The standard InChI is InChI=1S/C8H7ClN2O3/c1-4-2-5(11(13)14)3-6(9)7(4)8(10)12/h2-3H,1H3,(H2,10,12). The SMILES string of the molecule is Cc1cc([N+](=O)[O-])cc(Cl)c1C(N)=O. The number of non-ortho nitro benzene ring substituents is 1. The number of amides is 1. The second kappa shape index (κ2) is 3.63. The van der Waals surface area contributed by atoms with Gasteiger partial charge in [-0.3, -0.25) is 14.9 Å². The van der Waals surface area contributed by atoms with Gasteiger partial charge in [-0.05, 0) is 12.5 Å². The molecule has 0 saturated heterocycles. The lowest BCUT2D eigenvalue weighted by Gasteiger charge is -2.03. The van der Waals surface area contributed by atoms with Crippen LogP contribution < -0.4 is 5.73 Å². The maximum absolute atomic E-state index is 10.9. The van der Waals surface area contributed by atoms with Gasteiger partial charge in [0.1, 0.15) is 0 Å². The average Bonchev–Trinajstić information content (AvgIpc) is 2.01. The van der Waals surface area contributed by atoms with Crippen LogP contribution in [-0.2, 0) is 0 Å². The topological polar surface area (TPSA) is 86.2 Å². The van der Waals surface area contributed by atoms with Crippen molar-refractivity contribution in [2.75, 3.05) is 0 Å². The normalized spacial score (nSPS) is 9.86. The summed E-state index contributed by atoms with van der Waals surface area (Å²) >= 11 is 5.67. The van der Waals surface area contributed by atoms with Gasteiger partial charge in [0.05, 0.1) is 15.5 Å². The van der Waals surface area contributed by atoms with Crippen molar-refractivity contribution in [3.63, 3.8) is 0 Å². The Bertz CT molecular complexity index is 394. The van der Waals surface area contributed by atoms with Crippen LogP contribution in [0.3, 0.4) is 0 Å². The van der Waals surface area contributed by atoms with Gasteiger partial charge < -0.3 is 5.73 Å². The van der Waals surface area contributed by atoms with Crippen molar-refractivity contribution in [2.45, 2.75) is 6.92 Å². The first-order valence-corrected chi connectivity index (χ1v) is 4.05. The molecule has 0 unspecified atom stereocenters. The van der Waals surface area contributed by atoms with E-state index in [-0.39, 0.29) is 16.3 Å². The highest BCUT2D eigenvalue weighted by molar-refractivity contribution is 6.34. The molecule has 2 N–H and O–H groups in total. The molecule has 14 heavy (non-hydrogen) atoms. The summed E-state index contributed by atoms with van der Waals surface area (Å²) in [5.41, 5.74) is 5.42. The van der Waals surface area contributed by atoms with E-state index >= 15 is 0 Å². The summed E-state index contributed by atoms with van der Waals surface area (Å²) in [6, 6.07) is 2.36. The largest absolute Gasteiger partial charge is 0.366 e. The monoisotopic (exact) mass is 214 g/mol. The van der Waals surface area contributed by atoms with Crippen LogP contribution in [0, 0.1) is 17.0 Å². The smallest absolute Gasteiger partial charge is 0.271 e. The number of nitrogens with zero attached hydrogens (tertiary/aromatic N) is 1. The van der Waals surface area contributed by atoms with E-state index in [1.54, 1.807) is 6.92 Å². The van der Waals surface area contributed by atoms with Crippen molar-refractivity contribution in [1.82, 2.24) is 0 Å². The molecule has 0 aromatic heterocycles. The summed E-state index contributed by atoms with van der Waals surface area (Å²) < 4.78 is 0. The number of hydrogen-bond acceptors (Lipinski definition) is 3. The molecule has 1 aromatic carbocycles. The zero-order chi connectivity index (χ0) is 10.9. The Morgan fingerprint density at radius 2 is 2.14 bits per heavy atom. The van der Waals surface area contributed by atoms with Gasteiger partial charge in [0.15, 0.2) is 0 Å². The van der Waals surface area contributed by atoms with E-state index in [1.165, 1.54) is 6.07 Å². The average molecular weight is 215 g/mol. The van der Waals surface area contributed by atoms with Crippen molar-refractivity contribution in [3.05, 3.63) is 38.4 Å². The minimum absolute atomic E-state index is 0.00389. The maximum atomic E-state index is 10.9. The molecule has 0 aliphatic carbocycles. The summed E-state index contributed by atoms with van der Waals surface area (Å²) in [6.07, 6.45) is 0. The van der Waals surface area contributed by atoms with Crippen molar-refractivity contribution >= 4 is 23.2 Å².